The molecule has 0 atom stereocenters. The van der Waals surface area contributed by atoms with Crippen molar-refractivity contribution in [2.75, 3.05) is 0 Å². The highest BCUT2D eigenvalue weighted by molar-refractivity contribution is 5.90. The largest absolute Gasteiger partial charge is 0.244 e. The highest BCUT2D eigenvalue weighted by atomic mass is 14.8. The summed E-state index contributed by atoms with van der Waals surface area (Å²) in [5.74, 6) is 0.786. The molecule has 0 radical (unpaired) electrons. The molecule has 140 valence electrons. The molecular formula is C26H26N2. The summed E-state index contributed by atoms with van der Waals surface area (Å²) in [6.07, 6.45) is 0. The van der Waals surface area contributed by atoms with Gasteiger partial charge in [0.15, 0.2) is 0 Å². The molecule has 0 aliphatic rings. The molecule has 0 spiro atoms. The van der Waals surface area contributed by atoms with Gasteiger partial charge in [-0.15, -0.1) is 0 Å². The van der Waals surface area contributed by atoms with E-state index in [1.54, 1.807) is 0 Å². The smallest absolute Gasteiger partial charge is 0.0973 e. The molecule has 2 nitrogen and oxygen atoms in total. The van der Waals surface area contributed by atoms with Crippen molar-refractivity contribution in [3.05, 3.63) is 83.9 Å². The molecule has 0 aliphatic heterocycles. The Balaban J connectivity index is 2.12. The third-order valence-electron chi connectivity index (χ3n) is 5.22. The SMILES string of the molecule is CC(C)c1ccc(C(C)C)c2nc(-c3ccccc3)c(-c3ccccc3)nc12. The van der Waals surface area contributed by atoms with Gasteiger partial charge in [-0.1, -0.05) is 100 Å². The molecule has 0 saturated carbocycles. The third kappa shape index (κ3) is 3.31. The van der Waals surface area contributed by atoms with E-state index < -0.39 is 0 Å². The maximum absolute atomic E-state index is 5.22. The van der Waals surface area contributed by atoms with Crippen molar-refractivity contribution in [3.8, 4) is 22.5 Å². The van der Waals surface area contributed by atoms with Crippen LogP contribution in [0.15, 0.2) is 72.8 Å². The van der Waals surface area contributed by atoms with Crippen molar-refractivity contribution >= 4 is 11.0 Å². The lowest BCUT2D eigenvalue weighted by atomic mass is 9.93. The lowest BCUT2D eigenvalue weighted by Gasteiger charge is -2.18. The van der Waals surface area contributed by atoms with E-state index in [9.17, 15) is 0 Å². The Morgan fingerprint density at radius 3 is 1.18 bits per heavy atom. The fraction of sp³-hybridized carbons (Fsp3) is 0.231. The predicted octanol–water partition coefficient (Wildman–Crippen LogP) is 7.21. The van der Waals surface area contributed by atoms with Gasteiger partial charge in [0.05, 0.1) is 22.4 Å². The molecule has 2 heteroatoms. The summed E-state index contributed by atoms with van der Waals surface area (Å²) in [6, 6.07) is 25.2. The second kappa shape index (κ2) is 7.55. The summed E-state index contributed by atoms with van der Waals surface area (Å²) in [6.45, 7) is 8.88. The molecule has 0 bridgehead atoms. The molecule has 1 aromatic heterocycles. The molecule has 4 rings (SSSR count). The van der Waals surface area contributed by atoms with Crippen LogP contribution >= 0.6 is 0 Å². The van der Waals surface area contributed by atoms with Gasteiger partial charge < -0.3 is 0 Å². The second-order valence-corrected chi connectivity index (χ2v) is 7.90. The van der Waals surface area contributed by atoms with E-state index in [-0.39, 0.29) is 0 Å². The van der Waals surface area contributed by atoms with E-state index >= 15 is 0 Å². The minimum Gasteiger partial charge on any atom is -0.244 e. The van der Waals surface area contributed by atoms with Crippen LogP contribution in [0.3, 0.4) is 0 Å². The van der Waals surface area contributed by atoms with Crippen LogP contribution in [0.25, 0.3) is 33.5 Å². The summed E-state index contributed by atoms with van der Waals surface area (Å²) >= 11 is 0. The van der Waals surface area contributed by atoms with Crippen LogP contribution in [0.1, 0.15) is 50.7 Å². The molecule has 0 unspecified atom stereocenters. The molecular weight excluding hydrogens is 340 g/mol. The average Bonchev–Trinajstić information content (AvgIpc) is 2.73. The summed E-state index contributed by atoms with van der Waals surface area (Å²) < 4.78 is 0. The van der Waals surface area contributed by atoms with Gasteiger partial charge in [0.2, 0.25) is 0 Å². The standard InChI is InChI=1S/C26H26N2/c1-17(2)21-15-16-22(18(3)4)26-25(21)27-23(19-11-7-5-8-12-19)24(28-26)20-13-9-6-10-14-20/h5-18H,1-4H3. The van der Waals surface area contributed by atoms with Gasteiger partial charge in [0.25, 0.3) is 0 Å². The predicted molar refractivity (Wildman–Crippen MR) is 119 cm³/mol. The molecule has 0 amide bonds. The highest BCUT2D eigenvalue weighted by Crippen LogP contribution is 2.36. The van der Waals surface area contributed by atoms with Crippen LogP contribution in [0, 0.1) is 0 Å². The fourth-order valence-electron chi connectivity index (χ4n) is 3.70. The maximum Gasteiger partial charge on any atom is 0.0973 e. The van der Waals surface area contributed by atoms with Crippen molar-refractivity contribution in [3.63, 3.8) is 0 Å². The first-order valence-electron chi connectivity index (χ1n) is 10.0. The molecule has 1 heterocycles. The lowest BCUT2D eigenvalue weighted by molar-refractivity contribution is 0.853. The van der Waals surface area contributed by atoms with E-state index in [2.05, 4.69) is 88.4 Å². The normalized spacial score (nSPS) is 11.5. The first-order valence-corrected chi connectivity index (χ1v) is 10.0. The monoisotopic (exact) mass is 366 g/mol. The zero-order valence-electron chi connectivity index (χ0n) is 17.0. The Morgan fingerprint density at radius 2 is 0.857 bits per heavy atom. The zero-order chi connectivity index (χ0) is 19.7. The van der Waals surface area contributed by atoms with E-state index in [0.29, 0.717) is 11.8 Å². The van der Waals surface area contributed by atoms with Gasteiger partial charge in [-0.05, 0) is 23.0 Å². The number of benzene rings is 3. The Morgan fingerprint density at radius 1 is 0.500 bits per heavy atom. The van der Waals surface area contributed by atoms with Crippen LogP contribution in [0.2, 0.25) is 0 Å². The first kappa shape index (κ1) is 18.4. The summed E-state index contributed by atoms with van der Waals surface area (Å²) in [7, 11) is 0. The minimum absolute atomic E-state index is 0.393. The number of hydrogen-bond acceptors (Lipinski definition) is 2. The van der Waals surface area contributed by atoms with Gasteiger partial charge >= 0.3 is 0 Å². The molecule has 0 aliphatic carbocycles. The summed E-state index contributed by atoms with van der Waals surface area (Å²) in [5.41, 5.74) is 8.65. The highest BCUT2D eigenvalue weighted by Gasteiger charge is 2.19. The summed E-state index contributed by atoms with van der Waals surface area (Å²) in [4.78, 5) is 10.4. The van der Waals surface area contributed by atoms with E-state index in [1.165, 1.54) is 11.1 Å². The topological polar surface area (TPSA) is 25.8 Å². The first-order chi connectivity index (χ1) is 13.6. The number of rotatable bonds is 4. The second-order valence-electron chi connectivity index (χ2n) is 7.90. The maximum atomic E-state index is 5.22. The van der Waals surface area contributed by atoms with E-state index in [0.717, 1.165) is 33.5 Å². The average molecular weight is 367 g/mol. The molecule has 4 aromatic rings. The summed E-state index contributed by atoms with van der Waals surface area (Å²) in [5, 5.41) is 0. The van der Waals surface area contributed by atoms with Crippen LogP contribution < -0.4 is 0 Å². The van der Waals surface area contributed by atoms with Crippen LogP contribution in [0.5, 0.6) is 0 Å². The van der Waals surface area contributed by atoms with E-state index in [1.807, 2.05) is 12.1 Å². The Labute approximate surface area is 167 Å². The molecule has 28 heavy (non-hydrogen) atoms. The van der Waals surface area contributed by atoms with Gasteiger partial charge in [-0.3, -0.25) is 0 Å². The number of aromatic nitrogens is 2. The van der Waals surface area contributed by atoms with Gasteiger partial charge in [-0.2, -0.15) is 0 Å². The minimum atomic E-state index is 0.393. The van der Waals surface area contributed by atoms with Crippen molar-refractivity contribution in [1.29, 1.82) is 0 Å². The number of fused-ring (bicyclic) bond motifs is 1. The molecule has 0 N–H and O–H groups in total. The van der Waals surface area contributed by atoms with Crippen molar-refractivity contribution in [1.82, 2.24) is 9.97 Å². The Bertz CT molecular complexity index is 1010. The third-order valence-corrected chi connectivity index (χ3v) is 5.22. The lowest BCUT2D eigenvalue weighted by Crippen LogP contribution is -2.03. The Hall–Kier alpha value is -3.00. The van der Waals surface area contributed by atoms with Crippen molar-refractivity contribution in [2.45, 2.75) is 39.5 Å². The van der Waals surface area contributed by atoms with Crippen molar-refractivity contribution < 1.29 is 0 Å². The fourth-order valence-corrected chi connectivity index (χ4v) is 3.70. The zero-order valence-corrected chi connectivity index (χ0v) is 17.0. The van der Waals surface area contributed by atoms with Gasteiger partial charge in [0, 0.05) is 11.1 Å². The quantitative estimate of drug-likeness (QED) is 0.381. The van der Waals surface area contributed by atoms with Crippen LogP contribution in [-0.4, -0.2) is 9.97 Å². The van der Waals surface area contributed by atoms with Crippen molar-refractivity contribution in [2.24, 2.45) is 0 Å². The number of nitrogens with zero attached hydrogens (tertiary/aromatic N) is 2. The van der Waals surface area contributed by atoms with E-state index in [4.69, 9.17) is 9.97 Å². The number of hydrogen-bond donors (Lipinski definition) is 0. The van der Waals surface area contributed by atoms with Gasteiger partial charge in [-0.25, -0.2) is 9.97 Å². The molecule has 0 fully saturated rings. The molecule has 0 saturated heterocycles. The van der Waals surface area contributed by atoms with Crippen LogP contribution in [0.4, 0.5) is 0 Å². The van der Waals surface area contributed by atoms with Gasteiger partial charge in [0.1, 0.15) is 0 Å². The molecule has 3 aromatic carbocycles. The van der Waals surface area contributed by atoms with Crippen LogP contribution in [-0.2, 0) is 0 Å². The Kier molecular flexibility index (Phi) is 4.95.